The van der Waals surface area contributed by atoms with Crippen LogP contribution in [-0.2, 0) is 5.88 Å². The second kappa shape index (κ2) is 3.52. The summed E-state index contributed by atoms with van der Waals surface area (Å²) in [6.07, 6.45) is 0. The van der Waals surface area contributed by atoms with Crippen molar-refractivity contribution in [3.63, 3.8) is 0 Å². The number of fused-ring (bicyclic) bond motifs is 1. The first-order valence-corrected chi connectivity index (χ1v) is 5.84. The molecular weight excluding hydrogens is 220 g/mol. The standard InChI is InChI=1S/C10H9ClS2/c1-6-9(12)3-2-8-7(4-11)5-13-10(6)8/h2-3,5,12H,4H2,1H3. The maximum Gasteiger partial charge on any atom is 0.0488 e. The molecule has 1 aromatic carbocycles. The van der Waals surface area contributed by atoms with Crippen LogP contribution in [0.4, 0.5) is 0 Å². The van der Waals surface area contributed by atoms with Crippen molar-refractivity contribution < 1.29 is 0 Å². The van der Waals surface area contributed by atoms with Gasteiger partial charge in [0.15, 0.2) is 0 Å². The van der Waals surface area contributed by atoms with Gasteiger partial charge < -0.3 is 0 Å². The van der Waals surface area contributed by atoms with Crippen LogP contribution in [0.25, 0.3) is 10.1 Å². The van der Waals surface area contributed by atoms with Gasteiger partial charge in [0.25, 0.3) is 0 Å². The van der Waals surface area contributed by atoms with Crippen LogP contribution in [0.2, 0.25) is 0 Å². The number of hydrogen-bond donors (Lipinski definition) is 1. The molecule has 0 saturated heterocycles. The van der Waals surface area contributed by atoms with E-state index < -0.39 is 0 Å². The van der Waals surface area contributed by atoms with Crippen molar-refractivity contribution in [1.82, 2.24) is 0 Å². The lowest BCUT2D eigenvalue weighted by Gasteiger charge is -2.00. The number of rotatable bonds is 1. The first-order valence-electron chi connectivity index (χ1n) is 3.98. The first kappa shape index (κ1) is 9.38. The maximum atomic E-state index is 5.83. The third kappa shape index (κ3) is 1.47. The number of thiol groups is 1. The molecule has 0 bridgehead atoms. The van der Waals surface area contributed by atoms with Gasteiger partial charge in [0.2, 0.25) is 0 Å². The van der Waals surface area contributed by atoms with Crippen LogP contribution in [-0.4, -0.2) is 0 Å². The lowest BCUT2D eigenvalue weighted by Crippen LogP contribution is -1.78. The monoisotopic (exact) mass is 228 g/mol. The molecule has 0 radical (unpaired) electrons. The summed E-state index contributed by atoms with van der Waals surface area (Å²) in [4.78, 5) is 1.05. The van der Waals surface area contributed by atoms with Crippen molar-refractivity contribution in [2.24, 2.45) is 0 Å². The normalized spacial score (nSPS) is 11.0. The van der Waals surface area contributed by atoms with E-state index in [1.165, 1.54) is 21.2 Å². The molecule has 13 heavy (non-hydrogen) atoms. The van der Waals surface area contributed by atoms with E-state index in [2.05, 4.69) is 31.0 Å². The highest BCUT2D eigenvalue weighted by Crippen LogP contribution is 2.32. The Morgan fingerprint density at radius 1 is 1.46 bits per heavy atom. The van der Waals surface area contributed by atoms with Crippen LogP contribution in [0, 0.1) is 6.92 Å². The minimum Gasteiger partial charge on any atom is -0.143 e. The number of benzene rings is 1. The van der Waals surface area contributed by atoms with Crippen molar-refractivity contribution >= 4 is 45.7 Å². The third-order valence-corrected chi connectivity index (χ3v) is 4.12. The number of halogens is 1. The molecule has 0 fully saturated rings. The molecule has 68 valence electrons. The van der Waals surface area contributed by atoms with E-state index in [0.29, 0.717) is 5.88 Å². The Kier molecular flexibility index (Phi) is 2.54. The van der Waals surface area contributed by atoms with Crippen molar-refractivity contribution in [1.29, 1.82) is 0 Å². The van der Waals surface area contributed by atoms with Crippen molar-refractivity contribution in [2.75, 3.05) is 0 Å². The molecule has 0 nitrogen and oxygen atoms in total. The Morgan fingerprint density at radius 2 is 2.23 bits per heavy atom. The summed E-state index contributed by atoms with van der Waals surface area (Å²) in [6.45, 7) is 2.10. The molecule has 0 saturated carbocycles. The summed E-state index contributed by atoms with van der Waals surface area (Å²) in [5.41, 5.74) is 2.47. The highest BCUT2D eigenvalue weighted by atomic mass is 35.5. The van der Waals surface area contributed by atoms with E-state index in [0.717, 1.165) is 4.90 Å². The third-order valence-electron chi connectivity index (χ3n) is 2.19. The van der Waals surface area contributed by atoms with Gasteiger partial charge in [-0.1, -0.05) is 6.07 Å². The quantitative estimate of drug-likeness (QED) is 0.548. The highest BCUT2D eigenvalue weighted by Gasteiger charge is 2.06. The molecule has 3 heteroatoms. The molecule has 2 aromatic rings. The minimum atomic E-state index is 0.589. The molecule has 0 aliphatic heterocycles. The van der Waals surface area contributed by atoms with E-state index in [-0.39, 0.29) is 0 Å². The van der Waals surface area contributed by atoms with Gasteiger partial charge in [0.1, 0.15) is 0 Å². The van der Waals surface area contributed by atoms with Crippen LogP contribution < -0.4 is 0 Å². The molecule has 0 aliphatic carbocycles. The molecule has 2 rings (SSSR count). The van der Waals surface area contributed by atoms with Crippen molar-refractivity contribution in [2.45, 2.75) is 17.7 Å². The average molecular weight is 229 g/mol. The zero-order valence-corrected chi connectivity index (χ0v) is 9.64. The summed E-state index contributed by atoms with van der Waals surface area (Å²) in [7, 11) is 0. The molecule has 0 unspecified atom stereocenters. The molecule has 0 amide bonds. The van der Waals surface area contributed by atoms with E-state index in [4.69, 9.17) is 11.6 Å². The molecule has 0 N–H and O–H groups in total. The Labute approximate surface area is 91.9 Å². The molecule has 0 spiro atoms. The topological polar surface area (TPSA) is 0 Å². The summed E-state index contributed by atoms with van der Waals surface area (Å²) in [5, 5.41) is 3.40. The van der Waals surface area contributed by atoms with Gasteiger partial charge in [0, 0.05) is 15.5 Å². The van der Waals surface area contributed by atoms with Crippen molar-refractivity contribution in [3.05, 3.63) is 28.6 Å². The Bertz CT molecular complexity index is 445. The molecule has 1 aromatic heterocycles. The summed E-state index contributed by atoms with van der Waals surface area (Å²) in [6, 6.07) is 4.13. The Hall–Kier alpha value is -0.180. The zero-order chi connectivity index (χ0) is 9.42. The lowest BCUT2D eigenvalue weighted by atomic mass is 10.1. The second-order valence-electron chi connectivity index (χ2n) is 2.98. The second-order valence-corrected chi connectivity index (χ2v) is 4.61. The van der Waals surface area contributed by atoms with E-state index >= 15 is 0 Å². The molecule has 1 heterocycles. The van der Waals surface area contributed by atoms with Gasteiger partial charge in [-0.2, -0.15) is 0 Å². The fourth-order valence-electron chi connectivity index (χ4n) is 1.38. The molecular formula is C10H9ClS2. The van der Waals surface area contributed by atoms with E-state index in [1.807, 2.05) is 6.07 Å². The fraction of sp³-hybridized carbons (Fsp3) is 0.200. The van der Waals surface area contributed by atoms with Gasteiger partial charge in [0.05, 0.1) is 0 Å². The predicted octanol–water partition coefficient (Wildman–Crippen LogP) is 4.24. The number of thiophene rings is 1. The smallest absolute Gasteiger partial charge is 0.0488 e. The fourth-order valence-corrected chi connectivity index (χ4v) is 3.04. The minimum absolute atomic E-state index is 0.589. The largest absolute Gasteiger partial charge is 0.143 e. The number of aryl methyl sites for hydroxylation is 1. The van der Waals surface area contributed by atoms with Gasteiger partial charge in [-0.3, -0.25) is 0 Å². The van der Waals surface area contributed by atoms with Gasteiger partial charge >= 0.3 is 0 Å². The van der Waals surface area contributed by atoms with E-state index in [9.17, 15) is 0 Å². The zero-order valence-electron chi connectivity index (χ0n) is 7.17. The summed E-state index contributed by atoms with van der Waals surface area (Å²) < 4.78 is 1.31. The van der Waals surface area contributed by atoms with Gasteiger partial charge in [-0.15, -0.1) is 35.6 Å². The molecule has 0 aliphatic rings. The van der Waals surface area contributed by atoms with Gasteiger partial charge in [-0.05, 0) is 34.9 Å². The Morgan fingerprint density at radius 3 is 2.92 bits per heavy atom. The van der Waals surface area contributed by atoms with Crippen LogP contribution >= 0.6 is 35.6 Å². The van der Waals surface area contributed by atoms with Gasteiger partial charge in [-0.25, -0.2) is 0 Å². The van der Waals surface area contributed by atoms with Crippen molar-refractivity contribution in [3.8, 4) is 0 Å². The number of alkyl halides is 1. The Balaban J connectivity index is 2.81. The SMILES string of the molecule is Cc1c(S)ccc2c(CCl)csc12. The summed E-state index contributed by atoms with van der Waals surface area (Å²) in [5.74, 6) is 0.589. The average Bonchev–Trinajstić information content (AvgIpc) is 2.55. The van der Waals surface area contributed by atoms with Crippen LogP contribution in [0.5, 0.6) is 0 Å². The first-order chi connectivity index (χ1) is 6.24. The van der Waals surface area contributed by atoms with Crippen LogP contribution in [0.3, 0.4) is 0 Å². The predicted molar refractivity (Wildman–Crippen MR) is 63.4 cm³/mol. The lowest BCUT2D eigenvalue weighted by molar-refractivity contribution is 1.36. The highest BCUT2D eigenvalue weighted by molar-refractivity contribution is 7.80. The van der Waals surface area contributed by atoms with E-state index in [1.54, 1.807) is 11.3 Å². The summed E-state index contributed by atoms with van der Waals surface area (Å²) >= 11 is 12.0. The molecule has 0 atom stereocenters. The van der Waals surface area contributed by atoms with Crippen LogP contribution in [0.1, 0.15) is 11.1 Å². The van der Waals surface area contributed by atoms with Crippen LogP contribution in [0.15, 0.2) is 22.4 Å². The number of hydrogen-bond acceptors (Lipinski definition) is 2. The maximum absolute atomic E-state index is 5.83.